The lowest BCUT2D eigenvalue weighted by molar-refractivity contribution is -0.389. The van der Waals surface area contributed by atoms with Gasteiger partial charge >= 0.3 is 18.2 Å². The number of imidazole rings is 1. The van der Waals surface area contributed by atoms with E-state index in [2.05, 4.69) is 38.6 Å². The molecule has 1 fully saturated rings. The van der Waals surface area contributed by atoms with E-state index >= 15 is 0 Å². The van der Waals surface area contributed by atoms with E-state index in [0.29, 0.717) is 31.4 Å². The van der Waals surface area contributed by atoms with Crippen molar-refractivity contribution in [1.82, 2.24) is 9.55 Å². The zero-order chi connectivity index (χ0) is 33.7. The van der Waals surface area contributed by atoms with Gasteiger partial charge in [-0.05, 0) is 90.9 Å². The van der Waals surface area contributed by atoms with E-state index in [1.807, 2.05) is 36.4 Å². The van der Waals surface area contributed by atoms with Crippen LogP contribution < -0.4 is 28.7 Å². The summed E-state index contributed by atoms with van der Waals surface area (Å²) >= 11 is 0. The number of fused-ring (bicyclic) bond motifs is 1. The van der Waals surface area contributed by atoms with Gasteiger partial charge in [-0.25, -0.2) is 0 Å². The Labute approximate surface area is 275 Å². The Hall–Kier alpha value is -5.14. The average Bonchev–Trinajstić information content (AvgIpc) is 3.52. The van der Waals surface area contributed by atoms with Gasteiger partial charge in [0.05, 0.1) is 0 Å². The van der Waals surface area contributed by atoms with Crippen molar-refractivity contribution in [3.8, 4) is 23.3 Å². The fraction of sp³-hybridized carbons (Fsp3) is 0.382. The van der Waals surface area contributed by atoms with E-state index in [1.165, 1.54) is 18.3 Å². The molecule has 1 saturated heterocycles. The summed E-state index contributed by atoms with van der Waals surface area (Å²) in [5.74, 6) is 0.925. The summed E-state index contributed by atoms with van der Waals surface area (Å²) in [6.45, 7) is 6.00. The maximum atomic E-state index is 12.4. The second-order valence-corrected chi connectivity index (χ2v) is 11.6. The first kappa shape index (κ1) is 32.8. The van der Waals surface area contributed by atoms with Gasteiger partial charge in [-0.15, -0.1) is 13.2 Å². The number of halogens is 3. The van der Waals surface area contributed by atoms with Gasteiger partial charge in [0.25, 0.3) is 0 Å². The zero-order valence-corrected chi connectivity index (χ0v) is 26.3. The Morgan fingerprint density at radius 3 is 2.21 bits per heavy atom. The molecule has 1 aromatic heterocycles. The molecule has 3 heterocycles. The average molecular weight is 668 g/mol. The Bertz CT molecular complexity index is 1660. The Morgan fingerprint density at radius 2 is 1.56 bits per heavy atom. The van der Waals surface area contributed by atoms with Crippen LogP contribution in [-0.4, -0.2) is 59.2 Å². The number of benzene rings is 3. The third-order valence-electron chi connectivity index (χ3n) is 8.49. The van der Waals surface area contributed by atoms with Crippen LogP contribution in [0.3, 0.4) is 0 Å². The summed E-state index contributed by atoms with van der Waals surface area (Å²) < 4.78 is 60.3. The molecule has 0 unspecified atom stereocenters. The number of aryl methyl sites for hydroxylation is 1. The van der Waals surface area contributed by atoms with Crippen LogP contribution in [-0.2, 0) is 13.2 Å². The molecule has 4 aromatic rings. The number of hydrogen-bond donors (Lipinski definition) is 0. The Morgan fingerprint density at radius 1 is 0.917 bits per heavy atom. The summed E-state index contributed by atoms with van der Waals surface area (Å²) in [6.07, 6.45) is -0.883. The standard InChI is InChI=1S/C34H36F3N5O6/c1-2-41(26-7-13-28(14-8-26)45-22-24-3-9-30(10-4-24)48-34(35,36)37)27-15-18-39(19-16-27)25-5-11-29(12-6-25)46-23-31-17-20-40-21-32(42(43)44)38-33(40)47-31/h3-14,21,27,31H,2,15-20,22-23H2,1H3/t31-/m0/s1. The van der Waals surface area contributed by atoms with Crippen molar-refractivity contribution < 1.29 is 37.0 Å². The fourth-order valence-corrected chi connectivity index (χ4v) is 6.05. The zero-order valence-electron chi connectivity index (χ0n) is 26.3. The second-order valence-electron chi connectivity index (χ2n) is 11.6. The minimum atomic E-state index is -4.72. The molecule has 3 aromatic carbocycles. The number of alkyl halides is 3. The van der Waals surface area contributed by atoms with Crippen molar-refractivity contribution in [3.63, 3.8) is 0 Å². The van der Waals surface area contributed by atoms with Crippen LogP contribution in [0.25, 0.3) is 0 Å². The summed E-state index contributed by atoms with van der Waals surface area (Å²) in [6, 6.07) is 22.2. The van der Waals surface area contributed by atoms with Crippen LogP contribution in [0, 0.1) is 10.1 Å². The Balaban J connectivity index is 0.948. The van der Waals surface area contributed by atoms with E-state index < -0.39 is 11.3 Å². The number of ether oxygens (including phenoxy) is 4. The van der Waals surface area contributed by atoms with Gasteiger partial charge < -0.3 is 38.9 Å². The molecule has 0 spiro atoms. The van der Waals surface area contributed by atoms with Crippen molar-refractivity contribution in [2.75, 3.05) is 36.0 Å². The number of nitro groups is 1. The largest absolute Gasteiger partial charge is 0.573 e. The molecule has 48 heavy (non-hydrogen) atoms. The lowest BCUT2D eigenvalue weighted by atomic mass is 10.0. The predicted octanol–water partition coefficient (Wildman–Crippen LogP) is 6.99. The van der Waals surface area contributed by atoms with Crippen LogP contribution in [0.1, 0.15) is 31.7 Å². The molecular formula is C34H36F3N5O6. The van der Waals surface area contributed by atoms with E-state index in [9.17, 15) is 23.3 Å². The molecule has 1 atom stereocenters. The maximum absolute atomic E-state index is 12.4. The van der Waals surface area contributed by atoms with Crippen molar-refractivity contribution in [3.05, 3.63) is 94.7 Å². The summed E-state index contributed by atoms with van der Waals surface area (Å²) in [4.78, 5) is 19.2. The molecule has 0 amide bonds. The fourth-order valence-electron chi connectivity index (χ4n) is 6.05. The van der Waals surface area contributed by atoms with Crippen molar-refractivity contribution >= 4 is 17.2 Å². The van der Waals surface area contributed by atoms with Crippen molar-refractivity contribution in [2.45, 2.75) is 57.8 Å². The van der Waals surface area contributed by atoms with Gasteiger partial charge in [0.2, 0.25) is 0 Å². The molecule has 0 bridgehead atoms. The van der Waals surface area contributed by atoms with E-state index in [-0.39, 0.29) is 30.3 Å². The number of rotatable bonds is 12. The molecule has 0 aliphatic carbocycles. The highest BCUT2D eigenvalue weighted by Crippen LogP contribution is 2.30. The number of aromatic nitrogens is 2. The highest BCUT2D eigenvalue weighted by Gasteiger charge is 2.31. The van der Waals surface area contributed by atoms with Gasteiger partial charge in [-0.1, -0.05) is 12.1 Å². The molecule has 2 aliphatic heterocycles. The molecule has 0 radical (unpaired) electrons. The van der Waals surface area contributed by atoms with E-state index in [4.69, 9.17) is 14.2 Å². The lowest BCUT2D eigenvalue weighted by Crippen LogP contribution is -2.45. The van der Waals surface area contributed by atoms with Gasteiger partial charge in [-0.2, -0.15) is 0 Å². The molecule has 14 heteroatoms. The first-order chi connectivity index (χ1) is 23.1. The second kappa shape index (κ2) is 14.3. The van der Waals surface area contributed by atoms with Gasteiger partial charge in [0.15, 0.2) is 0 Å². The number of hydrogen-bond acceptors (Lipinski definition) is 9. The van der Waals surface area contributed by atoms with E-state index in [0.717, 1.165) is 55.2 Å². The molecule has 11 nitrogen and oxygen atoms in total. The molecule has 6 rings (SSSR count). The predicted molar refractivity (Wildman–Crippen MR) is 172 cm³/mol. The molecule has 254 valence electrons. The van der Waals surface area contributed by atoms with Crippen LogP contribution in [0.5, 0.6) is 23.3 Å². The molecular weight excluding hydrogens is 631 g/mol. The third kappa shape index (κ3) is 8.22. The van der Waals surface area contributed by atoms with Crippen LogP contribution >= 0.6 is 0 Å². The summed E-state index contributed by atoms with van der Waals surface area (Å²) in [5, 5.41) is 11.0. The minimum absolute atomic E-state index is 0.221. The maximum Gasteiger partial charge on any atom is 0.573 e. The smallest absolute Gasteiger partial charge is 0.490 e. The van der Waals surface area contributed by atoms with Gasteiger partial charge in [-0.3, -0.25) is 4.57 Å². The third-order valence-corrected chi connectivity index (χ3v) is 8.49. The van der Waals surface area contributed by atoms with Crippen LogP contribution in [0.4, 0.5) is 30.4 Å². The quantitative estimate of drug-likeness (QED) is 0.117. The molecule has 0 N–H and O–H groups in total. The van der Waals surface area contributed by atoms with E-state index in [1.54, 1.807) is 16.7 Å². The van der Waals surface area contributed by atoms with Crippen LogP contribution in [0.2, 0.25) is 0 Å². The normalized spacial score (nSPS) is 16.5. The monoisotopic (exact) mass is 667 g/mol. The minimum Gasteiger partial charge on any atom is -0.490 e. The summed E-state index contributed by atoms with van der Waals surface area (Å²) in [7, 11) is 0. The number of anilines is 2. The first-order valence-electron chi connectivity index (χ1n) is 15.8. The van der Waals surface area contributed by atoms with Gasteiger partial charge in [0.1, 0.15) is 42.8 Å². The highest BCUT2D eigenvalue weighted by molar-refractivity contribution is 5.52. The molecule has 0 saturated carbocycles. The Kier molecular flexibility index (Phi) is 9.78. The van der Waals surface area contributed by atoms with Gasteiger partial charge in [0, 0.05) is 55.0 Å². The lowest BCUT2D eigenvalue weighted by Gasteiger charge is -2.40. The van der Waals surface area contributed by atoms with Crippen molar-refractivity contribution in [1.29, 1.82) is 0 Å². The van der Waals surface area contributed by atoms with Crippen LogP contribution in [0.15, 0.2) is 79.0 Å². The van der Waals surface area contributed by atoms with Crippen molar-refractivity contribution in [2.24, 2.45) is 0 Å². The number of nitrogens with zero attached hydrogens (tertiary/aromatic N) is 5. The highest BCUT2D eigenvalue weighted by atomic mass is 19.4. The topological polar surface area (TPSA) is 104 Å². The summed E-state index contributed by atoms with van der Waals surface area (Å²) in [5.41, 5.74) is 2.98. The SMILES string of the molecule is CCN(c1ccc(OCc2ccc(OC(F)(F)F)cc2)cc1)C1CCN(c2ccc(OC[C@@H]3CCn4cc([N+](=O)[O-])nc4O3)cc2)CC1. The molecule has 2 aliphatic rings. The first-order valence-corrected chi connectivity index (χ1v) is 15.8. The number of piperidine rings is 1.